The molecule has 10 heteroatoms. The van der Waals surface area contributed by atoms with Crippen LogP contribution in [-0.2, 0) is 11.8 Å². The van der Waals surface area contributed by atoms with Gasteiger partial charge in [-0.3, -0.25) is 4.98 Å². The lowest BCUT2D eigenvalue weighted by Crippen LogP contribution is -2.59. The van der Waals surface area contributed by atoms with Crippen LogP contribution < -0.4 is 10.00 Å². The summed E-state index contributed by atoms with van der Waals surface area (Å²) in [4.78, 5) is 9.40. The second kappa shape index (κ2) is 10.8. The van der Waals surface area contributed by atoms with Gasteiger partial charge in [0.15, 0.2) is 0 Å². The van der Waals surface area contributed by atoms with Crippen LogP contribution in [0.3, 0.4) is 0 Å². The standard InChI is InChI=1S/C27H35N7OS2/c1-26(2,3)22(36-7)31-33-21(19-13-8-9-14-20(19)35)34-25(37-23(32-34)27(4,5)6)30-24(33)29-17-15-18-12-10-11-16-28-18/h8-14,16,21,35H,15,17H2,1-7H3/p+1/b29-24?,31-22-. The van der Waals surface area contributed by atoms with Crippen LogP contribution in [0.5, 0.6) is 5.75 Å². The van der Waals surface area contributed by atoms with Crippen molar-refractivity contribution in [3.05, 3.63) is 64.9 Å². The Kier molecular flexibility index (Phi) is 7.89. The predicted molar refractivity (Wildman–Crippen MR) is 153 cm³/mol. The summed E-state index contributed by atoms with van der Waals surface area (Å²) in [6.45, 7) is 13.4. The van der Waals surface area contributed by atoms with Crippen LogP contribution in [0.4, 0.5) is 5.13 Å². The maximum atomic E-state index is 10.9. The predicted octanol–water partition coefficient (Wildman–Crippen LogP) is 5.42. The molecule has 0 aliphatic carbocycles. The van der Waals surface area contributed by atoms with E-state index in [1.807, 2.05) is 52.3 Å². The van der Waals surface area contributed by atoms with Crippen molar-refractivity contribution in [2.45, 2.75) is 59.5 Å². The number of nitrogens with one attached hydrogen (secondary N) is 1. The Balaban J connectivity index is 1.88. The number of fused-ring (bicyclic) bond motifs is 1. The number of benzene rings is 1. The topological polar surface area (TPSA) is 89.9 Å². The second-order valence-electron chi connectivity index (χ2n) is 10.9. The van der Waals surface area contributed by atoms with Crippen molar-refractivity contribution in [1.29, 1.82) is 0 Å². The summed E-state index contributed by atoms with van der Waals surface area (Å²) in [6.07, 6.45) is 4.03. The highest BCUT2D eigenvalue weighted by atomic mass is 32.2. The van der Waals surface area contributed by atoms with Crippen LogP contribution in [0.2, 0.25) is 0 Å². The van der Waals surface area contributed by atoms with Crippen LogP contribution in [0.15, 0.2) is 58.8 Å². The van der Waals surface area contributed by atoms with E-state index in [0.717, 1.165) is 20.9 Å². The fraction of sp³-hybridized carbons (Fsp3) is 0.444. The Morgan fingerprint density at radius 1 is 1.14 bits per heavy atom. The normalized spacial score (nSPS) is 17.6. The number of aliphatic imine (C=N–C) groups is 1. The average Bonchev–Trinajstić information content (AvgIpc) is 3.27. The fourth-order valence-electron chi connectivity index (χ4n) is 3.83. The Morgan fingerprint density at radius 3 is 2.49 bits per heavy atom. The largest absolute Gasteiger partial charge is 0.507 e. The zero-order chi connectivity index (χ0) is 26.8. The van der Waals surface area contributed by atoms with Gasteiger partial charge in [-0.05, 0) is 41.9 Å². The molecule has 0 bridgehead atoms. The first-order chi connectivity index (χ1) is 17.5. The monoisotopic (exact) mass is 538 g/mol. The van der Waals surface area contributed by atoms with Crippen molar-refractivity contribution in [2.24, 2.45) is 15.5 Å². The quantitative estimate of drug-likeness (QED) is 0.256. The molecule has 0 spiro atoms. The van der Waals surface area contributed by atoms with Crippen LogP contribution in [-0.4, -0.2) is 44.0 Å². The number of phenols is 1. The molecule has 4 rings (SSSR count). The van der Waals surface area contributed by atoms with E-state index in [4.69, 9.17) is 15.2 Å². The molecule has 3 heterocycles. The lowest BCUT2D eigenvalue weighted by atomic mass is 9.98. The van der Waals surface area contributed by atoms with Crippen LogP contribution in [0.1, 0.15) is 64.0 Å². The second-order valence-corrected chi connectivity index (χ2v) is 12.7. The van der Waals surface area contributed by atoms with Gasteiger partial charge in [-0.15, -0.1) is 11.8 Å². The Hall–Kier alpha value is -2.98. The lowest BCUT2D eigenvalue weighted by molar-refractivity contribution is -0.770. The fourth-order valence-corrected chi connectivity index (χ4v) is 5.60. The molecule has 196 valence electrons. The number of thioether (sulfide) groups is 1. The van der Waals surface area contributed by atoms with Crippen molar-refractivity contribution >= 4 is 39.2 Å². The number of hydrogen-bond donors (Lipinski definition) is 2. The number of para-hydroxylation sites is 1. The van der Waals surface area contributed by atoms with E-state index in [1.165, 1.54) is 0 Å². The van der Waals surface area contributed by atoms with Gasteiger partial charge in [0.25, 0.3) is 6.17 Å². The molecule has 3 aromatic rings. The number of aromatic hydroxyl groups is 1. The number of phenolic OH excluding ortho intramolecular Hbond substituents is 1. The highest BCUT2D eigenvalue weighted by molar-refractivity contribution is 8.13. The number of hydrazone groups is 1. The Labute approximate surface area is 227 Å². The molecule has 0 saturated heterocycles. The summed E-state index contributed by atoms with van der Waals surface area (Å²) in [5, 5.41) is 29.2. The van der Waals surface area contributed by atoms with E-state index in [-0.39, 0.29) is 16.6 Å². The van der Waals surface area contributed by atoms with Crippen LogP contribution in [0.25, 0.3) is 0 Å². The van der Waals surface area contributed by atoms with E-state index >= 15 is 0 Å². The first-order valence-electron chi connectivity index (χ1n) is 12.3. The third kappa shape index (κ3) is 6.13. The first-order valence-corrected chi connectivity index (χ1v) is 14.4. The molecule has 1 unspecified atom stereocenters. The number of aromatic nitrogens is 3. The van der Waals surface area contributed by atoms with Crippen LogP contribution in [0, 0.1) is 5.41 Å². The Morgan fingerprint density at radius 2 is 1.86 bits per heavy atom. The molecule has 2 N–H and O–H groups in total. The van der Waals surface area contributed by atoms with Gasteiger partial charge in [-0.25, -0.2) is 4.99 Å². The summed E-state index contributed by atoms with van der Waals surface area (Å²) in [6, 6.07) is 13.3. The van der Waals surface area contributed by atoms with E-state index in [2.05, 4.69) is 51.8 Å². The smallest absolute Gasteiger partial charge is 0.366 e. The van der Waals surface area contributed by atoms with Gasteiger partial charge in [-0.2, -0.15) is 15.4 Å². The molecule has 1 aliphatic heterocycles. The van der Waals surface area contributed by atoms with Crippen molar-refractivity contribution < 1.29 is 9.79 Å². The zero-order valence-corrected chi connectivity index (χ0v) is 24.2. The Bertz CT molecular complexity index is 1290. The van der Waals surface area contributed by atoms with Gasteiger partial charge < -0.3 is 5.11 Å². The molecule has 0 fully saturated rings. The molecule has 0 saturated carbocycles. The number of guanidine groups is 1. The van der Waals surface area contributed by atoms with Crippen molar-refractivity contribution in [3.8, 4) is 5.75 Å². The number of anilines is 1. The van der Waals surface area contributed by atoms with Crippen molar-refractivity contribution in [1.82, 2.24) is 15.1 Å². The molecular weight excluding hydrogens is 502 g/mol. The number of pyridine rings is 1. The van der Waals surface area contributed by atoms with E-state index in [9.17, 15) is 5.11 Å². The third-order valence-electron chi connectivity index (χ3n) is 5.74. The van der Waals surface area contributed by atoms with Gasteiger partial charge in [-0.1, -0.05) is 69.5 Å². The minimum Gasteiger partial charge on any atom is -0.507 e. The first kappa shape index (κ1) is 27.1. The number of hydrogen-bond acceptors (Lipinski definition) is 7. The van der Waals surface area contributed by atoms with E-state index < -0.39 is 6.17 Å². The van der Waals surface area contributed by atoms with E-state index in [0.29, 0.717) is 24.5 Å². The molecule has 2 aromatic heterocycles. The van der Waals surface area contributed by atoms with Gasteiger partial charge in [0.1, 0.15) is 10.8 Å². The highest BCUT2D eigenvalue weighted by Gasteiger charge is 2.45. The minimum absolute atomic E-state index is 0.139. The van der Waals surface area contributed by atoms with E-state index in [1.54, 1.807) is 35.4 Å². The zero-order valence-electron chi connectivity index (χ0n) is 22.6. The third-order valence-corrected chi connectivity index (χ3v) is 8.20. The van der Waals surface area contributed by atoms with Crippen molar-refractivity contribution in [3.63, 3.8) is 0 Å². The van der Waals surface area contributed by atoms with Gasteiger partial charge in [0.2, 0.25) is 0 Å². The molecular formula is C27H36N7OS2+. The van der Waals surface area contributed by atoms with Crippen molar-refractivity contribution in [2.75, 3.05) is 18.1 Å². The summed E-state index contributed by atoms with van der Waals surface area (Å²) in [5.74, 6) is 0.803. The molecule has 1 aromatic carbocycles. The molecule has 37 heavy (non-hydrogen) atoms. The molecule has 8 nitrogen and oxygen atoms in total. The molecule has 1 atom stereocenters. The molecule has 0 amide bonds. The summed E-state index contributed by atoms with van der Waals surface area (Å²) in [7, 11) is 0. The molecule has 1 aliphatic rings. The lowest BCUT2D eigenvalue weighted by Gasteiger charge is -2.31. The van der Waals surface area contributed by atoms with Gasteiger partial charge >= 0.3 is 11.1 Å². The number of nitrogens with zero attached hydrogens (tertiary/aromatic N) is 6. The maximum Gasteiger partial charge on any atom is 0.366 e. The van der Waals surface area contributed by atoms with Gasteiger partial charge in [0, 0.05) is 29.1 Å². The maximum absolute atomic E-state index is 10.9. The van der Waals surface area contributed by atoms with Gasteiger partial charge in [0.05, 0.1) is 17.2 Å². The summed E-state index contributed by atoms with van der Waals surface area (Å²) in [5.41, 5.74) is 1.37. The summed E-state index contributed by atoms with van der Waals surface area (Å²) < 4.78 is 1.92. The highest BCUT2D eigenvalue weighted by Crippen LogP contribution is 2.36. The molecule has 0 radical (unpaired) electrons. The minimum atomic E-state index is -0.511. The SMILES string of the molecule is CS/C(=N\N1C(=NCCc2ccccn2)Nc2sc(C(C)(C)C)n[n+]2C1c1ccccc1O)C(C)(C)C. The van der Waals surface area contributed by atoms with Crippen LogP contribution >= 0.6 is 23.1 Å². The number of rotatable bonds is 5. The average molecular weight is 539 g/mol. The summed E-state index contributed by atoms with van der Waals surface area (Å²) >= 11 is 3.21.